The van der Waals surface area contributed by atoms with Crippen LogP contribution in [0.2, 0.25) is 0 Å². The zero-order valence-electron chi connectivity index (χ0n) is 8.98. The summed E-state index contributed by atoms with van der Waals surface area (Å²) in [6.07, 6.45) is 3.32. The smallest absolute Gasteiger partial charge is 0.279 e. The fourth-order valence-corrected chi connectivity index (χ4v) is 1.55. The van der Waals surface area contributed by atoms with Gasteiger partial charge in [-0.3, -0.25) is 9.63 Å². The van der Waals surface area contributed by atoms with Crippen LogP contribution in [0.15, 0.2) is 30.6 Å². The second-order valence-corrected chi connectivity index (χ2v) is 3.33. The van der Waals surface area contributed by atoms with Crippen LogP contribution in [0.5, 0.6) is 0 Å². The summed E-state index contributed by atoms with van der Waals surface area (Å²) < 4.78 is 15.1. The van der Waals surface area contributed by atoms with Crippen LogP contribution in [0.1, 0.15) is 10.4 Å². The number of hydroxylamine groups is 2. The first-order chi connectivity index (χ1) is 7.65. The predicted octanol–water partition coefficient (Wildman–Crippen LogP) is 1.71. The molecule has 0 aliphatic rings. The molecule has 2 rings (SSSR count). The molecule has 5 heteroatoms. The van der Waals surface area contributed by atoms with Gasteiger partial charge in [0, 0.05) is 19.4 Å². The van der Waals surface area contributed by atoms with Crippen molar-refractivity contribution in [2.24, 2.45) is 0 Å². The first-order valence-electron chi connectivity index (χ1n) is 4.72. The molecular formula is C11H11FN2O2. The number of carbonyl (C=O) groups is 1. The lowest BCUT2D eigenvalue weighted by Gasteiger charge is -2.12. The van der Waals surface area contributed by atoms with Crippen molar-refractivity contribution in [2.45, 2.75) is 0 Å². The number of hydrogen-bond donors (Lipinski definition) is 0. The van der Waals surface area contributed by atoms with Crippen molar-refractivity contribution in [1.82, 2.24) is 9.46 Å². The van der Waals surface area contributed by atoms with Crippen LogP contribution >= 0.6 is 0 Å². The van der Waals surface area contributed by atoms with Gasteiger partial charge in [0.05, 0.1) is 18.2 Å². The van der Waals surface area contributed by atoms with Crippen molar-refractivity contribution in [3.05, 3.63) is 42.0 Å². The summed E-state index contributed by atoms with van der Waals surface area (Å²) in [4.78, 5) is 16.6. The van der Waals surface area contributed by atoms with E-state index in [0.717, 1.165) is 5.06 Å². The fourth-order valence-electron chi connectivity index (χ4n) is 1.55. The number of pyridine rings is 1. The molecule has 0 saturated heterocycles. The maximum atomic E-state index is 13.6. The first-order valence-corrected chi connectivity index (χ1v) is 4.72. The van der Waals surface area contributed by atoms with E-state index in [1.54, 1.807) is 28.9 Å². The Morgan fingerprint density at radius 1 is 1.44 bits per heavy atom. The highest BCUT2D eigenvalue weighted by molar-refractivity contribution is 6.00. The number of fused-ring (bicyclic) bond motifs is 1. The van der Waals surface area contributed by atoms with E-state index in [-0.39, 0.29) is 17.0 Å². The van der Waals surface area contributed by atoms with Gasteiger partial charge in [0.15, 0.2) is 0 Å². The largest absolute Gasteiger partial charge is 0.321 e. The van der Waals surface area contributed by atoms with E-state index in [1.165, 1.54) is 20.2 Å². The van der Waals surface area contributed by atoms with Crippen molar-refractivity contribution in [3.63, 3.8) is 0 Å². The Morgan fingerprint density at radius 3 is 2.88 bits per heavy atom. The molecule has 0 aliphatic carbocycles. The molecule has 0 fully saturated rings. The molecule has 0 saturated carbocycles. The Bertz CT molecular complexity index is 536. The zero-order valence-corrected chi connectivity index (χ0v) is 8.98. The molecule has 16 heavy (non-hydrogen) atoms. The molecule has 0 bridgehead atoms. The van der Waals surface area contributed by atoms with Crippen LogP contribution in [-0.2, 0) is 4.84 Å². The molecule has 2 aromatic heterocycles. The van der Waals surface area contributed by atoms with Crippen molar-refractivity contribution in [3.8, 4) is 0 Å². The Kier molecular flexibility index (Phi) is 2.62. The normalized spacial score (nSPS) is 10.7. The second kappa shape index (κ2) is 3.94. The van der Waals surface area contributed by atoms with Crippen molar-refractivity contribution >= 4 is 11.4 Å². The lowest BCUT2D eigenvalue weighted by Crippen LogP contribution is -2.25. The van der Waals surface area contributed by atoms with E-state index in [9.17, 15) is 9.18 Å². The number of nitrogens with zero attached hydrogens (tertiary/aromatic N) is 2. The van der Waals surface area contributed by atoms with Gasteiger partial charge in [0.1, 0.15) is 5.82 Å². The highest BCUT2D eigenvalue weighted by Crippen LogP contribution is 2.17. The molecule has 4 nitrogen and oxygen atoms in total. The lowest BCUT2D eigenvalue weighted by atomic mass is 10.2. The van der Waals surface area contributed by atoms with E-state index >= 15 is 0 Å². The van der Waals surface area contributed by atoms with Crippen LogP contribution in [0.25, 0.3) is 5.52 Å². The van der Waals surface area contributed by atoms with E-state index in [0.29, 0.717) is 0 Å². The summed E-state index contributed by atoms with van der Waals surface area (Å²) in [5.74, 6) is -0.810. The third kappa shape index (κ3) is 1.55. The molecule has 0 N–H and O–H groups in total. The Labute approximate surface area is 91.8 Å². The lowest BCUT2D eigenvalue weighted by molar-refractivity contribution is -0.0755. The topological polar surface area (TPSA) is 34.0 Å². The summed E-state index contributed by atoms with van der Waals surface area (Å²) >= 11 is 0. The van der Waals surface area contributed by atoms with Crippen LogP contribution < -0.4 is 0 Å². The van der Waals surface area contributed by atoms with Crippen molar-refractivity contribution in [2.75, 3.05) is 14.2 Å². The maximum Gasteiger partial charge on any atom is 0.279 e. The van der Waals surface area contributed by atoms with Crippen molar-refractivity contribution < 1.29 is 14.0 Å². The SMILES string of the molecule is CON(C)C(=O)c1ccn2cccc(F)c12. The van der Waals surface area contributed by atoms with Gasteiger partial charge in [-0.15, -0.1) is 0 Å². The van der Waals surface area contributed by atoms with Gasteiger partial charge in [-0.05, 0) is 18.2 Å². The molecule has 0 atom stereocenters. The molecule has 0 radical (unpaired) electrons. The van der Waals surface area contributed by atoms with Gasteiger partial charge in [0.25, 0.3) is 5.91 Å². The first kappa shape index (κ1) is 10.6. The molecule has 0 aliphatic heterocycles. The van der Waals surface area contributed by atoms with Gasteiger partial charge in [-0.1, -0.05) is 0 Å². The standard InChI is InChI=1S/C11H11FN2O2/c1-13(16-2)11(15)8-5-7-14-6-3-4-9(12)10(8)14/h3-7H,1-2H3. The van der Waals surface area contributed by atoms with Gasteiger partial charge >= 0.3 is 0 Å². The molecule has 2 heterocycles. The third-order valence-electron chi connectivity index (χ3n) is 2.42. The minimum absolute atomic E-state index is 0.261. The highest BCUT2D eigenvalue weighted by atomic mass is 19.1. The van der Waals surface area contributed by atoms with Gasteiger partial charge in [-0.25, -0.2) is 9.45 Å². The minimum atomic E-state index is -0.430. The van der Waals surface area contributed by atoms with Crippen LogP contribution in [0.3, 0.4) is 0 Å². The number of aromatic nitrogens is 1. The van der Waals surface area contributed by atoms with Gasteiger partial charge < -0.3 is 4.40 Å². The number of rotatable bonds is 2. The second-order valence-electron chi connectivity index (χ2n) is 3.33. The summed E-state index contributed by atoms with van der Waals surface area (Å²) in [7, 11) is 2.86. The molecular weight excluding hydrogens is 211 g/mol. The number of carbonyl (C=O) groups excluding carboxylic acids is 1. The molecule has 0 spiro atoms. The van der Waals surface area contributed by atoms with E-state index in [1.807, 2.05) is 0 Å². The average molecular weight is 222 g/mol. The maximum absolute atomic E-state index is 13.6. The van der Waals surface area contributed by atoms with Gasteiger partial charge in [-0.2, -0.15) is 0 Å². The number of hydrogen-bond acceptors (Lipinski definition) is 2. The number of amides is 1. The van der Waals surface area contributed by atoms with Crippen LogP contribution in [-0.4, -0.2) is 29.5 Å². The summed E-state index contributed by atoms with van der Waals surface area (Å²) in [5.41, 5.74) is 0.541. The molecule has 2 aromatic rings. The molecule has 1 amide bonds. The monoisotopic (exact) mass is 222 g/mol. The molecule has 0 unspecified atom stereocenters. The fraction of sp³-hybridized carbons (Fsp3) is 0.182. The predicted molar refractivity (Wildman–Crippen MR) is 56.5 cm³/mol. The molecule has 0 aromatic carbocycles. The Balaban J connectivity index is 2.57. The van der Waals surface area contributed by atoms with Gasteiger partial charge in [0.2, 0.25) is 0 Å². The van der Waals surface area contributed by atoms with E-state index in [4.69, 9.17) is 4.84 Å². The summed E-state index contributed by atoms with van der Waals surface area (Å²) in [5, 5.41) is 1.06. The quantitative estimate of drug-likeness (QED) is 0.725. The Morgan fingerprint density at radius 2 is 2.19 bits per heavy atom. The highest BCUT2D eigenvalue weighted by Gasteiger charge is 2.17. The van der Waals surface area contributed by atoms with E-state index < -0.39 is 5.82 Å². The van der Waals surface area contributed by atoms with Crippen LogP contribution in [0, 0.1) is 5.82 Å². The van der Waals surface area contributed by atoms with Crippen molar-refractivity contribution in [1.29, 1.82) is 0 Å². The Hall–Kier alpha value is -1.88. The number of halogens is 1. The minimum Gasteiger partial charge on any atom is -0.321 e. The summed E-state index contributed by atoms with van der Waals surface area (Å²) in [6, 6.07) is 4.46. The van der Waals surface area contributed by atoms with Crippen LogP contribution in [0.4, 0.5) is 4.39 Å². The zero-order chi connectivity index (χ0) is 11.7. The third-order valence-corrected chi connectivity index (χ3v) is 2.42. The summed E-state index contributed by atoms with van der Waals surface area (Å²) in [6.45, 7) is 0. The average Bonchev–Trinajstić information content (AvgIpc) is 2.72. The van der Waals surface area contributed by atoms with E-state index in [2.05, 4.69) is 0 Å². The molecule has 84 valence electrons.